The van der Waals surface area contributed by atoms with Crippen molar-refractivity contribution in [1.29, 1.82) is 0 Å². The van der Waals surface area contributed by atoms with Crippen LogP contribution in [0.4, 0.5) is 23.8 Å². The van der Waals surface area contributed by atoms with E-state index in [1.54, 1.807) is 18.5 Å². The van der Waals surface area contributed by atoms with Crippen LogP contribution in [0.25, 0.3) is 0 Å². The van der Waals surface area contributed by atoms with E-state index >= 15 is 0 Å². The minimum absolute atomic E-state index is 0.0856. The van der Waals surface area contributed by atoms with E-state index in [4.69, 9.17) is 11.6 Å². The van der Waals surface area contributed by atoms with Gasteiger partial charge in [0.05, 0.1) is 0 Å². The Labute approximate surface area is 172 Å². The molecular weight excluding hydrogens is 394 g/mol. The highest BCUT2D eigenvalue weighted by Gasteiger charge is 2.22. The monoisotopic (exact) mass is 413 g/mol. The number of hydrogen-bond donors (Lipinski definition) is 3. The molecule has 3 heterocycles. The van der Waals surface area contributed by atoms with E-state index < -0.39 is 0 Å². The summed E-state index contributed by atoms with van der Waals surface area (Å²) in [5.74, 6) is 1.66. The summed E-state index contributed by atoms with van der Waals surface area (Å²) in [4.78, 5) is 25.7. The summed E-state index contributed by atoms with van der Waals surface area (Å²) in [5.41, 5.74) is 3.04. The van der Waals surface area contributed by atoms with Crippen LogP contribution < -0.4 is 20.6 Å². The van der Waals surface area contributed by atoms with Crippen molar-refractivity contribution in [2.24, 2.45) is 0 Å². The van der Waals surface area contributed by atoms with Crippen LogP contribution in [0.3, 0.4) is 0 Å². The number of rotatable bonds is 6. The van der Waals surface area contributed by atoms with Crippen LogP contribution in [0, 0.1) is 0 Å². The van der Waals surface area contributed by atoms with Crippen molar-refractivity contribution in [1.82, 2.24) is 24.9 Å². The fraction of sp³-hybridized carbons (Fsp3) is 0.278. The maximum Gasteiger partial charge on any atom is 0.253 e. The zero-order valence-electron chi connectivity index (χ0n) is 15.5. The van der Waals surface area contributed by atoms with E-state index in [-0.39, 0.29) is 5.95 Å². The van der Waals surface area contributed by atoms with Crippen molar-refractivity contribution in [3.63, 3.8) is 0 Å². The summed E-state index contributed by atoms with van der Waals surface area (Å²) in [7, 11) is 0. The van der Waals surface area contributed by atoms with Gasteiger partial charge in [0, 0.05) is 50.1 Å². The average Bonchev–Trinajstić information content (AvgIpc) is 2.79. The van der Waals surface area contributed by atoms with Crippen molar-refractivity contribution in [3.05, 3.63) is 53.3 Å². The first-order valence-electron chi connectivity index (χ1n) is 9.13. The number of hydrogen-bond acceptors (Lipinski definition) is 10. The summed E-state index contributed by atoms with van der Waals surface area (Å²) in [5, 5.41) is 13.1. The Morgan fingerprint density at radius 1 is 0.862 bits per heavy atom. The molecule has 1 saturated heterocycles. The topological polar surface area (TPSA) is 115 Å². The van der Waals surface area contributed by atoms with Gasteiger partial charge in [0.2, 0.25) is 17.8 Å². The molecule has 1 fully saturated rings. The van der Waals surface area contributed by atoms with E-state index in [0.29, 0.717) is 42.5 Å². The van der Waals surface area contributed by atoms with E-state index in [1.807, 2.05) is 34.6 Å². The molecule has 2 aromatic heterocycles. The van der Waals surface area contributed by atoms with Crippen LogP contribution in [-0.4, -0.2) is 56.3 Å². The third kappa shape index (κ3) is 4.79. The van der Waals surface area contributed by atoms with Crippen molar-refractivity contribution in [2.45, 2.75) is 6.54 Å². The van der Waals surface area contributed by atoms with Gasteiger partial charge in [-0.25, -0.2) is 15.4 Å². The fourth-order valence-corrected chi connectivity index (χ4v) is 3.11. The highest BCUT2D eigenvalue weighted by atomic mass is 35.5. The lowest BCUT2D eigenvalue weighted by molar-refractivity contribution is 0.382. The van der Waals surface area contributed by atoms with Crippen LogP contribution >= 0.6 is 11.6 Å². The van der Waals surface area contributed by atoms with Gasteiger partial charge in [-0.05, 0) is 23.8 Å². The summed E-state index contributed by atoms with van der Waals surface area (Å²) in [6.45, 7) is 3.40. The molecule has 0 radical (unpaired) electrons. The predicted molar refractivity (Wildman–Crippen MR) is 110 cm³/mol. The van der Waals surface area contributed by atoms with Gasteiger partial charge in [-0.2, -0.15) is 15.0 Å². The molecule has 29 heavy (non-hydrogen) atoms. The van der Waals surface area contributed by atoms with E-state index in [1.165, 1.54) is 0 Å². The van der Waals surface area contributed by atoms with Gasteiger partial charge in [0.15, 0.2) is 0 Å². The lowest BCUT2D eigenvalue weighted by Gasteiger charge is -2.34. The number of piperazine rings is 1. The molecule has 0 aliphatic carbocycles. The minimum atomic E-state index is 0.0856. The molecule has 10 nitrogen and oxygen atoms in total. The standard InChI is InChI=1S/C18H20ClN9O/c19-14-4-2-13(3-5-14)12-22-15-23-16(26-29)25-18(24-15)28-10-8-27(9-11-28)17-20-6-1-7-21-17/h1-7,29H,8-12H2,(H2,22,23,24,25,26). The molecule has 0 bridgehead atoms. The number of aromatic nitrogens is 5. The smallest absolute Gasteiger partial charge is 0.253 e. The highest BCUT2D eigenvalue weighted by Crippen LogP contribution is 2.18. The summed E-state index contributed by atoms with van der Waals surface area (Å²) in [6, 6.07) is 9.30. The lowest BCUT2D eigenvalue weighted by atomic mass is 10.2. The number of halogens is 1. The zero-order valence-corrected chi connectivity index (χ0v) is 16.3. The molecule has 11 heteroatoms. The van der Waals surface area contributed by atoms with Crippen LogP contribution in [0.5, 0.6) is 0 Å². The first-order valence-corrected chi connectivity index (χ1v) is 9.50. The summed E-state index contributed by atoms with van der Waals surface area (Å²) >= 11 is 5.92. The first kappa shape index (κ1) is 19.1. The Hall–Kier alpha value is -3.24. The van der Waals surface area contributed by atoms with E-state index in [0.717, 1.165) is 18.7 Å². The molecular formula is C18H20ClN9O. The predicted octanol–water partition coefficient (Wildman–Crippen LogP) is 2.05. The van der Waals surface area contributed by atoms with Gasteiger partial charge in [-0.15, -0.1) is 0 Å². The fourth-order valence-electron chi connectivity index (χ4n) is 2.98. The molecule has 0 spiro atoms. The maximum atomic E-state index is 9.30. The Bertz CT molecular complexity index is 934. The van der Waals surface area contributed by atoms with Crippen molar-refractivity contribution in [2.75, 3.05) is 46.8 Å². The second-order valence-electron chi connectivity index (χ2n) is 6.40. The molecule has 3 N–H and O–H groups in total. The number of nitrogens with one attached hydrogen (secondary N) is 2. The molecule has 3 aromatic rings. The van der Waals surface area contributed by atoms with Gasteiger partial charge in [0.25, 0.3) is 5.95 Å². The maximum absolute atomic E-state index is 9.30. The molecule has 0 atom stereocenters. The Kier molecular flexibility index (Phi) is 5.82. The summed E-state index contributed by atoms with van der Waals surface area (Å²) < 4.78 is 0. The average molecular weight is 414 g/mol. The normalized spacial score (nSPS) is 14.0. The molecule has 150 valence electrons. The number of benzene rings is 1. The number of nitrogens with zero attached hydrogens (tertiary/aromatic N) is 7. The number of anilines is 4. The highest BCUT2D eigenvalue weighted by molar-refractivity contribution is 6.30. The Morgan fingerprint density at radius 3 is 2.14 bits per heavy atom. The Morgan fingerprint density at radius 2 is 1.48 bits per heavy atom. The molecule has 1 aliphatic rings. The van der Waals surface area contributed by atoms with Gasteiger partial charge in [0.1, 0.15) is 0 Å². The molecule has 1 aromatic carbocycles. The summed E-state index contributed by atoms with van der Waals surface area (Å²) in [6.07, 6.45) is 3.47. The molecule has 1 aliphatic heterocycles. The molecule has 0 amide bonds. The van der Waals surface area contributed by atoms with Crippen LogP contribution in [0.1, 0.15) is 5.56 Å². The SMILES string of the molecule is ONc1nc(NCc2ccc(Cl)cc2)nc(N2CCN(c3ncccn3)CC2)n1. The largest absolute Gasteiger partial charge is 0.350 e. The van der Waals surface area contributed by atoms with Crippen LogP contribution in [0.2, 0.25) is 5.02 Å². The quantitative estimate of drug-likeness (QED) is 0.518. The van der Waals surface area contributed by atoms with Gasteiger partial charge >= 0.3 is 0 Å². The van der Waals surface area contributed by atoms with Crippen LogP contribution in [-0.2, 0) is 6.54 Å². The van der Waals surface area contributed by atoms with Crippen molar-refractivity contribution in [3.8, 4) is 0 Å². The molecule has 0 unspecified atom stereocenters. The third-order valence-electron chi connectivity index (χ3n) is 4.48. The third-order valence-corrected chi connectivity index (χ3v) is 4.74. The first-order chi connectivity index (χ1) is 14.2. The van der Waals surface area contributed by atoms with E-state index in [2.05, 4.69) is 35.1 Å². The Balaban J connectivity index is 1.43. The molecule has 0 saturated carbocycles. The minimum Gasteiger partial charge on any atom is -0.350 e. The van der Waals surface area contributed by atoms with Crippen molar-refractivity contribution < 1.29 is 5.21 Å². The van der Waals surface area contributed by atoms with Crippen LogP contribution in [0.15, 0.2) is 42.7 Å². The zero-order chi connectivity index (χ0) is 20.1. The second kappa shape index (κ2) is 8.84. The van der Waals surface area contributed by atoms with Gasteiger partial charge in [-0.3, -0.25) is 5.21 Å². The van der Waals surface area contributed by atoms with Crippen molar-refractivity contribution >= 4 is 35.4 Å². The lowest BCUT2D eigenvalue weighted by Crippen LogP contribution is -2.47. The molecule has 4 rings (SSSR count). The van der Waals surface area contributed by atoms with Gasteiger partial charge < -0.3 is 15.1 Å². The second-order valence-corrected chi connectivity index (χ2v) is 6.83. The van der Waals surface area contributed by atoms with E-state index in [9.17, 15) is 5.21 Å². The van der Waals surface area contributed by atoms with Gasteiger partial charge in [-0.1, -0.05) is 23.7 Å².